The van der Waals surface area contributed by atoms with Gasteiger partial charge < -0.3 is 4.74 Å². The summed E-state index contributed by atoms with van der Waals surface area (Å²) in [5, 5.41) is 10.7. The molecule has 2 aromatic rings. The van der Waals surface area contributed by atoms with Gasteiger partial charge in [-0.05, 0) is 23.3 Å². The number of nitro groups is 1. The molecule has 1 aliphatic rings. The van der Waals surface area contributed by atoms with Gasteiger partial charge in [-0.25, -0.2) is 0 Å². The van der Waals surface area contributed by atoms with Gasteiger partial charge in [0.05, 0.1) is 11.0 Å². The maximum absolute atomic E-state index is 10.7. The molecule has 3 rings (SSSR count). The zero-order valence-electron chi connectivity index (χ0n) is 8.92. The monoisotopic (exact) mass is 227 g/mol. The normalized spacial score (nSPS) is 12.2. The van der Waals surface area contributed by atoms with E-state index in [0.29, 0.717) is 5.75 Å². The third-order valence-electron chi connectivity index (χ3n) is 2.83. The highest BCUT2D eigenvalue weighted by atomic mass is 16.6. The van der Waals surface area contributed by atoms with E-state index >= 15 is 0 Å². The standard InChI is InChI=1S/C13H9NO3/c15-14(16)11-6-5-10-7-9-3-1-2-4-12(9)17-13(10)8-11/h1-6,8H,7H2. The maximum Gasteiger partial charge on any atom is 0.273 e. The molecule has 0 aliphatic carbocycles. The number of nitrogens with zero attached hydrogens (tertiary/aromatic N) is 1. The summed E-state index contributed by atoms with van der Waals surface area (Å²) in [4.78, 5) is 10.3. The first kappa shape index (κ1) is 9.84. The number of nitro benzene ring substituents is 1. The third kappa shape index (κ3) is 1.63. The highest BCUT2D eigenvalue weighted by Crippen LogP contribution is 2.37. The number of non-ortho nitro benzene ring substituents is 1. The Balaban J connectivity index is 2.06. The van der Waals surface area contributed by atoms with Crippen molar-refractivity contribution in [3.63, 3.8) is 0 Å². The van der Waals surface area contributed by atoms with Gasteiger partial charge >= 0.3 is 0 Å². The summed E-state index contributed by atoms with van der Waals surface area (Å²) in [5.41, 5.74) is 2.14. The SMILES string of the molecule is O=[N+]([O-])c1ccc2c(c1)Oc1ccccc1C2. The average Bonchev–Trinajstić information content (AvgIpc) is 2.35. The molecule has 0 amide bonds. The molecule has 0 aromatic heterocycles. The van der Waals surface area contributed by atoms with Gasteiger partial charge in [0.1, 0.15) is 11.5 Å². The molecule has 0 N–H and O–H groups in total. The maximum atomic E-state index is 10.7. The second-order valence-corrected chi connectivity index (χ2v) is 3.94. The summed E-state index contributed by atoms with van der Waals surface area (Å²) in [6, 6.07) is 12.5. The van der Waals surface area contributed by atoms with Crippen LogP contribution in [-0.2, 0) is 6.42 Å². The van der Waals surface area contributed by atoms with E-state index in [-0.39, 0.29) is 5.69 Å². The molecule has 0 saturated carbocycles. The molecule has 1 aliphatic heterocycles. The predicted octanol–water partition coefficient (Wildman–Crippen LogP) is 3.29. The second-order valence-electron chi connectivity index (χ2n) is 3.94. The van der Waals surface area contributed by atoms with Crippen LogP contribution in [0.5, 0.6) is 11.5 Å². The first-order valence-electron chi connectivity index (χ1n) is 5.27. The Morgan fingerprint density at radius 3 is 2.65 bits per heavy atom. The van der Waals surface area contributed by atoms with E-state index in [0.717, 1.165) is 23.3 Å². The average molecular weight is 227 g/mol. The van der Waals surface area contributed by atoms with Crippen molar-refractivity contribution in [2.24, 2.45) is 0 Å². The molecule has 17 heavy (non-hydrogen) atoms. The van der Waals surface area contributed by atoms with Crippen LogP contribution >= 0.6 is 0 Å². The van der Waals surface area contributed by atoms with Gasteiger partial charge in [0.15, 0.2) is 0 Å². The van der Waals surface area contributed by atoms with Gasteiger partial charge in [-0.15, -0.1) is 0 Å². The zero-order valence-corrected chi connectivity index (χ0v) is 8.92. The van der Waals surface area contributed by atoms with Crippen LogP contribution in [0, 0.1) is 10.1 Å². The molecule has 0 radical (unpaired) electrons. The van der Waals surface area contributed by atoms with Gasteiger partial charge in [-0.2, -0.15) is 0 Å². The van der Waals surface area contributed by atoms with Crippen molar-refractivity contribution in [3.8, 4) is 11.5 Å². The highest BCUT2D eigenvalue weighted by Gasteiger charge is 2.19. The van der Waals surface area contributed by atoms with E-state index in [4.69, 9.17) is 4.74 Å². The van der Waals surface area contributed by atoms with E-state index in [9.17, 15) is 10.1 Å². The van der Waals surface area contributed by atoms with Crippen molar-refractivity contribution in [1.82, 2.24) is 0 Å². The lowest BCUT2D eigenvalue weighted by molar-refractivity contribution is -0.384. The molecule has 84 valence electrons. The largest absolute Gasteiger partial charge is 0.457 e. The van der Waals surface area contributed by atoms with Gasteiger partial charge in [0.25, 0.3) is 5.69 Å². The summed E-state index contributed by atoms with van der Waals surface area (Å²) >= 11 is 0. The molecule has 1 heterocycles. The van der Waals surface area contributed by atoms with Crippen LogP contribution < -0.4 is 4.74 Å². The number of hydrogen-bond acceptors (Lipinski definition) is 3. The van der Waals surface area contributed by atoms with Crippen molar-refractivity contribution >= 4 is 5.69 Å². The number of ether oxygens (including phenoxy) is 1. The molecule has 0 bridgehead atoms. The van der Waals surface area contributed by atoms with Crippen LogP contribution in [0.3, 0.4) is 0 Å². The summed E-state index contributed by atoms with van der Waals surface area (Å²) < 4.78 is 5.66. The number of rotatable bonds is 1. The molecule has 0 unspecified atom stereocenters. The summed E-state index contributed by atoms with van der Waals surface area (Å²) in [5.74, 6) is 1.36. The van der Waals surface area contributed by atoms with Crippen molar-refractivity contribution in [2.75, 3.05) is 0 Å². The Bertz CT molecular complexity index is 607. The Morgan fingerprint density at radius 2 is 1.82 bits per heavy atom. The van der Waals surface area contributed by atoms with E-state index in [1.807, 2.05) is 24.3 Å². The van der Waals surface area contributed by atoms with Crippen molar-refractivity contribution in [3.05, 3.63) is 63.7 Å². The summed E-state index contributed by atoms with van der Waals surface area (Å²) in [7, 11) is 0. The molecule has 0 saturated heterocycles. The fraction of sp³-hybridized carbons (Fsp3) is 0.0769. The lowest BCUT2D eigenvalue weighted by Crippen LogP contribution is -2.03. The van der Waals surface area contributed by atoms with E-state index in [1.165, 1.54) is 12.1 Å². The number of para-hydroxylation sites is 1. The van der Waals surface area contributed by atoms with Gasteiger partial charge in [0, 0.05) is 12.5 Å². The first-order valence-corrected chi connectivity index (χ1v) is 5.27. The molecule has 4 heteroatoms. The molecule has 0 atom stereocenters. The lowest BCUT2D eigenvalue weighted by atomic mass is 10.0. The fourth-order valence-corrected chi connectivity index (χ4v) is 1.97. The van der Waals surface area contributed by atoms with Crippen LogP contribution in [0.2, 0.25) is 0 Å². The second kappa shape index (κ2) is 3.59. The number of hydrogen-bond donors (Lipinski definition) is 0. The minimum absolute atomic E-state index is 0.0585. The van der Waals surface area contributed by atoms with E-state index < -0.39 is 4.92 Å². The van der Waals surface area contributed by atoms with Crippen molar-refractivity contribution in [2.45, 2.75) is 6.42 Å². The number of benzene rings is 2. The quantitative estimate of drug-likeness (QED) is 0.473. The molecular weight excluding hydrogens is 218 g/mol. The zero-order chi connectivity index (χ0) is 11.8. The predicted molar refractivity (Wildman–Crippen MR) is 62.4 cm³/mol. The first-order chi connectivity index (χ1) is 8.24. The van der Waals surface area contributed by atoms with Crippen molar-refractivity contribution in [1.29, 1.82) is 0 Å². The van der Waals surface area contributed by atoms with Gasteiger partial charge in [-0.1, -0.05) is 18.2 Å². The Kier molecular flexibility index (Phi) is 2.08. The molecular formula is C13H9NO3. The fourth-order valence-electron chi connectivity index (χ4n) is 1.97. The topological polar surface area (TPSA) is 52.4 Å². The van der Waals surface area contributed by atoms with Crippen LogP contribution in [0.25, 0.3) is 0 Å². The summed E-state index contributed by atoms with van der Waals surface area (Å²) in [6.07, 6.45) is 0.753. The summed E-state index contributed by atoms with van der Waals surface area (Å²) in [6.45, 7) is 0. The molecule has 0 fully saturated rings. The minimum atomic E-state index is -0.413. The lowest BCUT2D eigenvalue weighted by Gasteiger charge is -2.19. The molecule has 2 aromatic carbocycles. The van der Waals surface area contributed by atoms with Gasteiger partial charge in [0.2, 0.25) is 0 Å². The van der Waals surface area contributed by atoms with E-state index in [2.05, 4.69) is 0 Å². The highest BCUT2D eigenvalue weighted by molar-refractivity contribution is 5.53. The Morgan fingerprint density at radius 1 is 1.06 bits per heavy atom. The minimum Gasteiger partial charge on any atom is -0.457 e. The van der Waals surface area contributed by atoms with E-state index in [1.54, 1.807) is 6.07 Å². The Hall–Kier alpha value is -2.36. The van der Waals surface area contributed by atoms with Crippen LogP contribution in [0.1, 0.15) is 11.1 Å². The molecule has 0 spiro atoms. The Labute approximate surface area is 97.6 Å². The number of fused-ring (bicyclic) bond motifs is 2. The molecule has 4 nitrogen and oxygen atoms in total. The van der Waals surface area contributed by atoms with Crippen LogP contribution in [-0.4, -0.2) is 4.92 Å². The third-order valence-corrected chi connectivity index (χ3v) is 2.83. The van der Waals surface area contributed by atoms with Crippen LogP contribution in [0.4, 0.5) is 5.69 Å². The smallest absolute Gasteiger partial charge is 0.273 e. The van der Waals surface area contributed by atoms with Crippen LogP contribution in [0.15, 0.2) is 42.5 Å². The van der Waals surface area contributed by atoms with Crippen molar-refractivity contribution < 1.29 is 9.66 Å². The van der Waals surface area contributed by atoms with Gasteiger partial charge in [-0.3, -0.25) is 10.1 Å².